The molecule has 0 fully saturated rings. The molecule has 3 rings (SSSR count). The standard InChI is InChI=1S/C19H17Cl2F3N2O/c20-5-7-26(8-6-21)15-2-4-17-13(11-15)9-12-10-14(1-3-16(12)17)25-18(27)19(22,23)24/h1-4,10-11H,5-9H2,(H,25,27). The van der Waals surface area contributed by atoms with Crippen molar-refractivity contribution in [3.63, 3.8) is 0 Å². The second-order valence-corrected chi connectivity index (χ2v) is 6.96. The van der Waals surface area contributed by atoms with E-state index in [0.717, 1.165) is 27.9 Å². The van der Waals surface area contributed by atoms with Crippen LogP contribution in [0.5, 0.6) is 0 Å². The molecule has 0 saturated heterocycles. The fourth-order valence-electron chi connectivity index (χ4n) is 3.25. The largest absolute Gasteiger partial charge is 0.471 e. The number of hydrogen-bond donors (Lipinski definition) is 1. The highest BCUT2D eigenvalue weighted by molar-refractivity contribution is 6.18. The molecular formula is C19H17Cl2F3N2O. The molecule has 0 bridgehead atoms. The zero-order valence-corrected chi connectivity index (χ0v) is 15.8. The molecule has 8 heteroatoms. The Hall–Kier alpha value is -1.92. The lowest BCUT2D eigenvalue weighted by Gasteiger charge is -2.23. The summed E-state index contributed by atoms with van der Waals surface area (Å²) in [4.78, 5) is 13.2. The van der Waals surface area contributed by atoms with E-state index in [1.807, 2.05) is 17.4 Å². The Kier molecular flexibility index (Phi) is 5.86. The maximum absolute atomic E-state index is 12.4. The highest BCUT2D eigenvalue weighted by atomic mass is 35.5. The number of benzene rings is 2. The first-order valence-electron chi connectivity index (χ1n) is 8.34. The van der Waals surface area contributed by atoms with Gasteiger partial charge < -0.3 is 10.2 Å². The van der Waals surface area contributed by atoms with Crippen LogP contribution in [-0.2, 0) is 11.2 Å². The number of alkyl halides is 5. The smallest absolute Gasteiger partial charge is 0.369 e. The van der Waals surface area contributed by atoms with E-state index in [1.54, 1.807) is 12.1 Å². The summed E-state index contributed by atoms with van der Waals surface area (Å²) in [5.74, 6) is -1.01. The summed E-state index contributed by atoms with van der Waals surface area (Å²) in [6, 6.07) is 10.9. The number of hydrogen-bond acceptors (Lipinski definition) is 2. The van der Waals surface area contributed by atoms with E-state index in [4.69, 9.17) is 23.2 Å². The van der Waals surface area contributed by atoms with Gasteiger partial charge in [-0.15, -0.1) is 23.2 Å². The lowest BCUT2D eigenvalue weighted by molar-refractivity contribution is -0.167. The predicted molar refractivity (Wildman–Crippen MR) is 103 cm³/mol. The van der Waals surface area contributed by atoms with Gasteiger partial charge in [0.05, 0.1) is 0 Å². The van der Waals surface area contributed by atoms with Crippen molar-refractivity contribution in [1.29, 1.82) is 0 Å². The summed E-state index contributed by atoms with van der Waals surface area (Å²) < 4.78 is 37.3. The van der Waals surface area contributed by atoms with E-state index in [0.29, 0.717) is 31.3 Å². The SMILES string of the molecule is O=C(Nc1ccc2c(c1)Cc1cc(N(CCCl)CCCl)ccc1-2)C(F)(F)F. The van der Waals surface area contributed by atoms with Crippen LogP contribution in [-0.4, -0.2) is 36.9 Å². The minimum atomic E-state index is -4.91. The summed E-state index contributed by atoms with van der Waals surface area (Å²) >= 11 is 11.7. The van der Waals surface area contributed by atoms with Crippen molar-refractivity contribution < 1.29 is 18.0 Å². The van der Waals surface area contributed by atoms with Crippen LogP contribution in [0, 0.1) is 0 Å². The molecule has 0 aliphatic heterocycles. The van der Waals surface area contributed by atoms with E-state index >= 15 is 0 Å². The zero-order chi connectivity index (χ0) is 19.6. The lowest BCUT2D eigenvalue weighted by atomic mass is 10.0. The summed E-state index contributed by atoms with van der Waals surface area (Å²) in [7, 11) is 0. The number of carbonyl (C=O) groups excluding carboxylic acids is 1. The van der Waals surface area contributed by atoms with Gasteiger partial charge in [0, 0.05) is 36.2 Å². The highest BCUT2D eigenvalue weighted by Gasteiger charge is 2.38. The number of amides is 1. The van der Waals surface area contributed by atoms with Crippen molar-refractivity contribution in [3.05, 3.63) is 47.5 Å². The van der Waals surface area contributed by atoms with Crippen molar-refractivity contribution in [2.45, 2.75) is 12.6 Å². The summed E-state index contributed by atoms with van der Waals surface area (Å²) in [5.41, 5.74) is 5.10. The van der Waals surface area contributed by atoms with Crippen LogP contribution < -0.4 is 10.2 Å². The monoisotopic (exact) mass is 416 g/mol. The molecule has 0 atom stereocenters. The number of anilines is 2. The fraction of sp³-hybridized carbons (Fsp3) is 0.316. The number of halogens is 5. The Balaban J connectivity index is 1.84. The Morgan fingerprint density at radius 3 is 2.19 bits per heavy atom. The van der Waals surface area contributed by atoms with Gasteiger partial charge in [-0.1, -0.05) is 12.1 Å². The van der Waals surface area contributed by atoms with Gasteiger partial charge in [0.25, 0.3) is 0 Å². The molecule has 1 amide bonds. The van der Waals surface area contributed by atoms with E-state index < -0.39 is 12.1 Å². The first-order chi connectivity index (χ1) is 12.8. The van der Waals surface area contributed by atoms with Crippen molar-refractivity contribution in [2.75, 3.05) is 35.1 Å². The van der Waals surface area contributed by atoms with Crippen LogP contribution in [0.3, 0.4) is 0 Å². The number of nitrogens with zero attached hydrogens (tertiary/aromatic N) is 1. The topological polar surface area (TPSA) is 32.3 Å². The number of nitrogens with one attached hydrogen (secondary N) is 1. The molecule has 3 nitrogen and oxygen atoms in total. The molecule has 1 N–H and O–H groups in total. The summed E-state index contributed by atoms with van der Waals surface area (Å²) in [6.45, 7) is 1.35. The zero-order valence-electron chi connectivity index (χ0n) is 14.2. The van der Waals surface area contributed by atoms with Gasteiger partial charge in [-0.3, -0.25) is 4.79 Å². The van der Waals surface area contributed by atoms with Crippen LogP contribution in [0.2, 0.25) is 0 Å². The number of fused-ring (bicyclic) bond motifs is 3. The van der Waals surface area contributed by atoms with Crippen LogP contribution in [0.1, 0.15) is 11.1 Å². The average Bonchev–Trinajstić information content (AvgIpc) is 2.97. The molecule has 27 heavy (non-hydrogen) atoms. The molecule has 0 heterocycles. The van der Waals surface area contributed by atoms with E-state index in [-0.39, 0.29) is 5.69 Å². The fourth-order valence-corrected chi connectivity index (χ4v) is 3.66. The molecule has 0 aromatic heterocycles. The third kappa shape index (κ3) is 4.33. The van der Waals surface area contributed by atoms with Crippen molar-refractivity contribution in [3.8, 4) is 11.1 Å². The van der Waals surface area contributed by atoms with Crippen molar-refractivity contribution in [1.82, 2.24) is 0 Å². The Bertz CT molecular complexity index is 849. The van der Waals surface area contributed by atoms with Gasteiger partial charge in [0.15, 0.2) is 0 Å². The maximum Gasteiger partial charge on any atom is 0.471 e. The number of carbonyl (C=O) groups is 1. The van der Waals surface area contributed by atoms with Crippen LogP contribution in [0.25, 0.3) is 11.1 Å². The van der Waals surface area contributed by atoms with Crippen molar-refractivity contribution in [2.24, 2.45) is 0 Å². The molecule has 0 spiro atoms. The maximum atomic E-state index is 12.4. The normalized spacial score (nSPS) is 12.5. The van der Waals surface area contributed by atoms with Gasteiger partial charge in [0.1, 0.15) is 0 Å². The molecule has 144 valence electrons. The second-order valence-electron chi connectivity index (χ2n) is 6.21. The minimum Gasteiger partial charge on any atom is -0.369 e. The molecule has 0 radical (unpaired) electrons. The third-order valence-electron chi connectivity index (χ3n) is 4.45. The molecule has 0 unspecified atom stereocenters. The summed E-state index contributed by atoms with van der Waals surface area (Å²) in [5, 5.41) is 1.90. The van der Waals surface area contributed by atoms with Crippen LogP contribution in [0.15, 0.2) is 36.4 Å². The van der Waals surface area contributed by atoms with Gasteiger partial charge >= 0.3 is 12.1 Å². The molecule has 1 aliphatic rings. The first kappa shape index (κ1) is 19.8. The Morgan fingerprint density at radius 1 is 1.00 bits per heavy atom. The summed E-state index contributed by atoms with van der Waals surface area (Å²) in [6.07, 6.45) is -4.32. The lowest BCUT2D eigenvalue weighted by Crippen LogP contribution is -2.29. The van der Waals surface area contributed by atoms with Crippen molar-refractivity contribution >= 4 is 40.5 Å². The predicted octanol–water partition coefficient (Wildman–Crippen LogP) is 5.04. The number of rotatable bonds is 6. The Morgan fingerprint density at radius 2 is 1.59 bits per heavy atom. The molecule has 2 aromatic carbocycles. The average molecular weight is 417 g/mol. The molecule has 2 aromatic rings. The van der Waals surface area contributed by atoms with E-state index in [1.165, 1.54) is 6.07 Å². The second kappa shape index (κ2) is 7.98. The minimum absolute atomic E-state index is 0.134. The van der Waals surface area contributed by atoms with Gasteiger partial charge in [0.2, 0.25) is 0 Å². The van der Waals surface area contributed by atoms with Crippen LogP contribution >= 0.6 is 23.2 Å². The third-order valence-corrected chi connectivity index (χ3v) is 4.79. The van der Waals surface area contributed by atoms with Gasteiger partial charge in [-0.2, -0.15) is 13.2 Å². The van der Waals surface area contributed by atoms with Crippen LogP contribution in [0.4, 0.5) is 24.5 Å². The molecule has 0 saturated carbocycles. The van der Waals surface area contributed by atoms with E-state index in [9.17, 15) is 18.0 Å². The van der Waals surface area contributed by atoms with Gasteiger partial charge in [-0.25, -0.2) is 0 Å². The Labute approximate surface area is 165 Å². The molecule has 1 aliphatic carbocycles. The highest BCUT2D eigenvalue weighted by Crippen LogP contribution is 2.39. The quantitative estimate of drug-likeness (QED) is 0.570. The first-order valence-corrected chi connectivity index (χ1v) is 9.41. The van der Waals surface area contributed by atoms with Gasteiger partial charge in [-0.05, 0) is 52.9 Å². The molecular weight excluding hydrogens is 400 g/mol. The van der Waals surface area contributed by atoms with E-state index in [2.05, 4.69) is 11.0 Å².